The number of thioether (sulfide) groups is 1. The molecule has 1 aromatic carbocycles. The van der Waals surface area contributed by atoms with Crippen LogP contribution in [-0.4, -0.2) is 50.3 Å². The standard InChI is InChI=1S/C20H23BrN2O5S2/c21-14-7-8-15(24)13(11-14)12-16-19(28)23(20(29)30-16)10-4-5-17(25)22-9-3-1-2-6-18(26)27/h7-8,11-12,24H,1-6,9-10H2,(H,22,25)(H,26,27)/b16-12-. The molecule has 1 aromatic rings. The Morgan fingerprint density at radius 3 is 2.70 bits per heavy atom. The van der Waals surface area contributed by atoms with Gasteiger partial charge in [0, 0.05) is 36.0 Å². The summed E-state index contributed by atoms with van der Waals surface area (Å²) < 4.78 is 1.22. The van der Waals surface area contributed by atoms with Gasteiger partial charge in [-0.25, -0.2) is 0 Å². The Bertz CT molecular complexity index is 860. The third-order valence-corrected chi connectivity index (χ3v) is 6.20. The van der Waals surface area contributed by atoms with Crippen LogP contribution in [0.4, 0.5) is 0 Å². The molecule has 0 bridgehead atoms. The van der Waals surface area contributed by atoms with E-state index >= 15 is 0 Å². The van der Waals surface area contributed by atoms with Crippen LogP contribution in [0.3, 0.4) is 0 Å². The number of halogens is 1. The summed E-state index contributed by atoms with van der Waals surface area (Å²) in [7, 11) is 0. The average Bonchev–Trinajstić information content (AvgIpc) is 2.94. The number of nitrogens with zero attached hydrogens (tertiary/aromatic N) is 1. The maximum Gasteiger partial charge on any atom is 0.303 e. The molecule has 0 spiro atoms. The predicted octanol–water partition coefficient (Wildman–Crippen LogP) is 3.90. The van der Waals surface area contributed by atoms with Gasteiger partial charge in [-0.3, -0.25) is 19.3 Å². The molecule has 10 heteroatoms. The van der Waals surface area contributed by atoms with E-state index in [0.717, 1.165) is 17.3 Å². The number of phenols is 1. The number of phenolic OH excluding ortho intramolecular Hbond substituents is 1. The van der Waals surface area contributed by atoms with Crippen molar-refractivity contribution in [3.8, 4) is 5.75 Å². The summed E-state index contributed by atoms with van der Waals surface area (Å²) in [5.41, 5.74) is 0.521. The summed E-state index contributed by atoms with van der Waals surface area (Å²) in [4.78, 5) is 36.9. The number of carboxylic acids is 1. The van der Waals surface area contributed by atoms with Gasteiger partial charge in [-0.15, -0.1) is 0 Å². The van der Waals surface area contributed by atoms with E-state index in [0.29, 0.717) is 40.7 Å². The zero-order valence-electron chi connectivity index (χ0n) is 16.2. The minimum atomic E-state index is -0.807. The van der Waals surface area contributed by atoms with Gasteiger partial charge in [0.25, 0.3) is 5.91 Å². The second kappa shape index (κ2) is 12.1. The molecule has 0 aromatic heterocycles. The van der Waals surface area contributed by atoms with Gasteiger partial charge in [0.1, 0.15) is 10.1 Å². The van der Waals surface area contributed by atoms with Gasteiger partial charge in [-0.1, -0.05) is 46.3 Å². The lowest BCUT2D eigenvalue weighted by atomic mass is 10.2. The number of carbonyl (C=O) groups excluding carboxylic acids is 2. The number of thiocarbonyl (C=S) groups is 1. The highest BCUT2D eigenvalue weighted by molar-refractivity contribution is 9.10. The quantitative estimate of drug-likeness (QED) is 0.233. The molecule has 0 radical (unpaired) electrons. The Labute approximate surface area is 193 Å². The third kappa shape index (κ3) is 7.73. The third-order valence-electron chi connectivity index (χ3n) is 4.32. The minimum Gasteiger partial charge on any atom is -0.507 e. The predicted molar refractivity (Wildman–Crippen MR) is 124 cm³/mol. The van der Waals surface area contributed by atoms with Crippen LogP contribution >= 0.6 is 39.9 Å². The van der Waals surface area contributed by atoms with Crippen LogP contribution < -0.4 is 5.32 Å². The second-order valence-electron chi connectivity index (χ2n) is 6.69. The number of hydrogen-bond acceptors (Lipinski definition) is 6. The number of hydrogen-bond donors (Lipinski definition) is 3. The number of unbranched alkanes of at least 4 members (excludes halogenated alkanes) is 2. The van der Waals surface area contributed by atoms with E-state index in [1.807, 2.05) is 0 Å². The van der Waals surface area contributed by atoms with Crippen LogP contribution in [0.1, 0.15) is 44.1 Å². The highest BCUT2D eigenvalue weighted by atomic mass is 79.9. The van der Waals surface area contributed by atoms with Crippen molar-refractivity contribution in [1.29, 1.82) is 0 Å². The first kappa shape index (κ1) is 24.4. The zero-order valence-corrected chi connectivity index (χ0v) is 19.4. The molecule has 7 nitrogen and oxygen atoms in total. The molecule has 1 saturated heterocycles. The van der Waals surface area contributed by atoms with Crippen molar-refractivity contribution in [2.24, 2.45) is 0 Å². The highest BCUT2D eigenvalue weighted by Crippen LogP contribution is 2.34. The Balaban J connectivity index is 1.75. The molecule has 0 unspecified atom stereocenters. The van der Waals surface area contributed by atoms with Crippen molar-refractivity contribution in [2.45, 2.75) is 38.5 Å². The number of aliphatic carboxylic acids is 1. The van der Waals surface area contributed by atoms with Crippen molar-refractivity contribution in [2.75, 3.05) is 13.1 Å². The molecule has 162 valence electrons. The van der Waals surface area contributed by atoms with Gasteiger partial charge in [0.05, 0.1) is 4.91 Å². The summed E-state index contributed by atoms with van der Waals surface area (Å²) in [6.45, 7) is 0.858. The molecule has 30 heavy (non-hydrogen) atoms. The van der Waals surface area contributed by atoms with Crippen LogP contribution in [0.5, 0.6) is 5.75 Å². The van der Waals surface area contributed by atoms with Gasteiger partial charge in [0.15, 0.2) is 0 Å². The molecule has 0 aliphatic carbocycles. The normalized spacial score (nSPS) is 15.1. The Morgan fingerprint density at radius 2 is 1.97 bits per heavy atom. The SMILES string of the molecule is O=C(O)CCCCCNC(=O)CCCN1C(=O)/C(=C/c2cc(Br)ccc2O)SC1=S. The van der Waals surface area contributed by atoms with Crippen molar-refractivity contribution < 1.29 is 24.6 Å². The van der Waals surface area contributed by atoms with Crippen LogP contribution in [0.25, 0.3) is 6.08 Å². The van der Waals surface area contributed by atoms with E-state index in [9.17, 15) is 19.5 Å². The Kier molecular flexibility index (Phi) is 9.80. The van der Waals surface area contributed by atoms with E-state index in [4.69, 9.17) is 17.3 Å². The van der Waals surface area contributed by atoms with Crippen LogP contribution in [0.2, 0.25) is 0 Å². The summed E-state index contributed by atoms with van der Waals surface area (Å²) in [5.74, 6) is -1.07. The van der Waals surface area contributed by atoms with E-state index in [1.165, 1.54) is 16.7 Å². The molecular weight excluding hydrogens is 492 g/mol. The van der Waals surface area contributed by atoms with Crippen molar-refractivity contribution >= 4 is 68.1 Å². The minimum absolute atomic E-state index is 0.0723. The van der Waals surface area contributed by atoms with Gasteiger partial charge >= 0.3 is 5.97 Å². The number of aromatic hydroxyl groups is 1. The second-order valence-corrected chi connectivity index (χ2v) is 9.29. The average molecular weight is 515 g/mol. The first-order valence-electron chi connectivity index (χ1n) is 9.50. The number of nitrogens with one attached hydrogen (secondary N) is 1. The number of rotatable bonds is 11. The fourth-order valence-electron chi connectivity index (χ4n) is 2.77. The van der Waals surface area contributed by atoms with Crippen LogP contribution in [-0.2, 0) is 14.4 Å². The van der Waals surface area contributed by atoms with Crippen LogP contribution in [0.15, 0.2) is 27.6 Å². The fourth-order valence-corrected chi connectivity index (χ4v) is 4.45. The van der Waals surface area contributed by atoms with E-state index in [1.54, 1.807) is 24.3 Å². The summed E-state index contributed by atoms with van der Waals surface area (Å²) in [6.07, 6.45) is 4.60. The Hall–Kier alpha value is -1.91. The Morgan fingerprint density at radius 1 is 1.20 bits per heavy atom. The maximum atomic E-state index is 12.6. The largest absolute Gasteiger partial charge is 0.507 e. The van der Waals surface area contributed by atoms with Gasteiger partial charge < -0.3 is 15.5 Å². The number of carboxylic acid groups (broad SMARTS) is 1. The molecule has 0 saturated carbocycles. The van der Waals surface area contributed by atoms with Crippen LogP contribution in [0, 0.1) is 0 Å². The summed E-state index contributed by atoms with van der Waals surface area (Å²) >= 11 is 9.80. The molecule has 3 N–H and O–H groups in total. The smallest absolute Gasteiger partial charge is 0.303 e. The van der Waals surface area contributed by atoms with E-state index in [-0.39, 0.29) is 30.4 Å². The van der Waals surface area contributed by atoms with Gasteiger partial charge in [-0.05, 0) is 43.5 Å². The summed E-state index contributed by atoms with van der Waals surface area (Å²) in [6, 6.07) is 4.97. The first-order chi connectivity index (χ1) is 14.3. The molecule has 0 atom stereocenters. The number of amides is 2. The van der Waals surface area contributed by atoms with E-state index in [2.05, 4.69) is 21.2 Å². The lowest BCUT2D eigenvalue weighted by molar-refractivity contribution is -0.137. The molecule has 1 aliphatic rings. The lowest BCUT2D eigenvalue weighted by Crippen LogP contribution is -2.30. The zero-order chi connectivity index (χ0) is 22.1. The first-order valence-corrected chi connectivity index (χ1v) is 11.5. The highest BCUT2D eigenvalue weighted by Gasteiger charge is 2.31. The summed E-state index contributed by atoms with van der Waals surface area (Å²) in [5, 5.41) is 21.3. The van der Waals surface area contributed by atoms with Crippen molar-refractivity contribution in [3.05, 3.63) is 33.1 Å². The number of carbonyl (C=O) groups is 3. The topological polar surface area (TPSA) is 107 Å². The van der Waals surface area contributed by atoms with Gasteiger partial charge in [0.2, 0.25) is 5.91 Å². The molecule has 2 amide bonds. The van der Waals surface area contributed by atoms with Crippen molar-refractivity contribution in [3.63, 3.8) is 0 Å². The molecule has 1 aliphatic heterocycles. The van der Waals surface area contributed by atoms with Gasteiger partial charge in [-0.2, -0.15) is 0 Å². The molecule has 1 fully saturated rings. The molecule has 1 heterocycles. The van der Waals surface area contributed by atoms with E-state index < -0.39 is 5.97 Å². The molecular formula is C20H23BrN2O5S2. The van der Waals surface area contributed by atoms with Crippen molar-refractivity contribution in [1.82, 2.24) is 10.2 Å². The number of benzene rings is 1. The fraction of sp³-hybridized carbons (Fsp3) is 0.400. The maximum absolute atomic E-state index is 12.6. The monoisotopic (exact) mass is 514 g/mol. The lowest BCUT2D eigenvalue weighted by Gasteiger charge is -2.14. The molecule has 2 rings (SSSR count).